The van der Waals surface area contributed by atoms with Crippen LogP contribution in [-0.4, -0.2) is 74.9 Å². The largest absolute Gasteiger partial charge is 0.390 e. The normalized spacial score (nSPS) is 39.7. The van der Waals surface area contributed by atoms with Crippen LogP contribution in [0.25, 0.3) is 0 Å². The molecule has 0 saturated carbocycles. The van der Waals surface area contributed by atoms with Crippen LogP contribution in [0.3, 0.4) is 0 Å². The van der Waals surface area contributed by atoms with Crippen molar-refractivity contribution in [3.63, 3.8) is 0 Å². The first kappa shape index (κ1) is 15.1. The number of nitrogens with zero attached hydrogens (tertiary/aromatic N) is 2. The minimum Gasteiger partial charge on any atom is -0.390 e. The number of ether oxygens (including phenoxy) is 1. The molecule has 0 aromatic carbocycles. The number of fused-ring (bicyclic) bond motifs is 1. The Morgan fingerprint density at radius 2 is 2.05 bits per heavy atom. The Hall–Kier alpha value is -0.340. The van der Waals surface area contributed by atoms with Crippen LogP contribution in [0.2, 0.25) is 0 Å². The Kier molecular flexibility index (Phi) is 4.73. The quantitative estimate of drug-likeness (QED) is 0.657. The van der Waals surface area contributed by atoms with Gasteiger partial charge in [-0.1, -0.05) is 18.7 Å². The topological polar surface area (TPSA) is 85.5 Å². The molecule has 6 atom stereocenters. The minimum absolute atomic E-state index is 0.339. The van der Waals surface area contributed by atoms with E-state index in [0.29, 0.717) is 6.42 Å². The van der Waals surface area contributed by atoms with Gasteiger partial charge in [0.05, 0.1) is 6.10 Å². The molecule has 0 radical (unpaired) electrons. The average molecular weight is 290 g/mol. The molecule has 0 amide bonds. The number of hydrogen-bond acceptors (Lipinski definition) is 7. The van der Waals surface area contributed by atoms with Crippen molar-refractivity contribution in [3.05, 3.63) is 0 Å². The molecule has 6 nitrogen and oxygen atoms in total. The maximum Gasteiger partial charge on any atom is 0.162 e. The molecule has 7 heteroatoms. The number of aliphatic imine (C=N–C) groups is 1. The molecule has 0 spiro atoms. The van der Waals surface area contributed by atoms with Crippen LogP contribution in [0.5, 0.6) is 0 Å². The third-order valence-electron chi connectivity index (χ3n) is 3.69. The lowest BCUT2D eigenvalue weighted by Gasteiger charge is -2.40. The fraction of sp³-hybridized carbons (Fsp3) is 0.917. The summed E-state index contributed by atoms with van der Waals surface area (Å²) < 4.78 is 5.73. The van der Waals surface area contributed by atoms with E-state index in [-0.39, 0.29) is 5.44 Å². The molecule has 2 aliphatic rings. The highest BCUT2D eigenvalue weighted by molar-refractivity contribution is 8.14. The van der Waals surface area contributed by atoms with Crippen molar-refractivity contribution in [2.75, 3.05) is 13.6 Å². The summed E-state index contributed by atoms with van der Waals surface area (Å²) >= 11 is 1.44. The van der Waals surface area contributed by atoms with Crippen LogP contribution in [0.15, 0.2) is 4.99 Å². The van der Waals surface area contributed by atoms with Gasteiger partial charge in [0.25, 0.3) is 0 Å². The molecule has 1 fully saturated rings. The van der Waals surface area contributed by atoms with E-state index in [4.69, 9.17) is 4.74 Å². The summed E-state index contributed by atoms with van der Waals surface area (Å²) in [4.78, 5) is 6.39. The highest BCUT2D eigenvalue weighted by atomic mass is 32.2. The van der Waals surface area contributed by atoms with Gasteiger partial charge in [0.15, 0.2) is 5.17 Å². The smallest absolute Gasteiger partial charge is 0.162 e. The Morgan fingerprint density at radius 1 is 1.37 bits per heavy atom. The van der Waals surface area contributed by atoms with Crippen LogP contribution >= 0.6 is 11.8 Å². The monoisotopic (exact) mass is 290 g/mol. The van der Waals surface area contributed by atoms with Crippen LogP contribution in [-0.2, 0) is 4.74 Å². The predicted molar refractivity (Wildman–Crippen MR) is 74.1 cm³/mol. The van der Waals surface area contributed by atoms with Gasteiger partial charge >= 0.3 is 0 Å². The van der Waals surface area contributed by atoms with Crippen LogP contribution in [0.4, 0.5) is 0 Å². The Bertz CT molecular complexity index is 355. The van der Waals surface area contributed by atoms with Gasteiger partial charge in [-0.05, 0) is 13.3 Å². The van der Waals surface area contributed by atoms with Crippen molar-refractivity contribution in [3.8, 4) is 0 Å². The van der Waals surface area contributed by atoms with E-state index in [9.17, 15) is 15.3 Å². The van der Waals surface area contributed by atoms with Crippen molar-refractivity contribution in [2.24, 2.45) is 4.99 Å². The Morgan fingerprint density at radius 3 is 2.63 bits per heavy atom. The molecule has 1 saturated heterocycles. The highest BCUT2D eigenvalue weighted by Gasteiger charge is 2.50. The Labute approximate surface area is 117 Å². The first-order valence-electron chi connectivity index (χ1n) is 6.64. The molecule has 0 aliphatic carbocycles. The number of amidine groups is 1. The molecule has 19 heavy (non-hydrogen) atoms. The SMILES string of the molecule is CCC(O)[C@H]1O[C@@H]2SC(N(C)CC)=N[C@@H]2[C@@H](O)[C@@H]1O. The summed E-state index contributed by atoms with van der Waals surface area (Å²) in [5, 5.41) is 30.9. The minimum atomic E-state index is -1.10. The standard InChI is InChI=1S/C12H22N2O4S/c1-4-6(15)10-9(17)8(16)7-11(18-10)19-12(13-7)14(3)5-2/h6-11,15-17H,4-5H2,1-3H3/t6?,7-,8-,9+,10-,11-/m1/s1. The van der Waals surface area contributed by atoms with Gasteiger partial charge in [-0.3, -0.25) is 4.99 Å². The second kappa shape index (κ2) is 5.97. The second-order valence-corrected chi connectivity index (χ2v) is 6.03. The molecule has 0 bridgehead atoms. The first-order chi connectivity index (χ1) is 8.99. The number of thioether (sulfide) groups is 1. The lowest BCUT2D eigenvalue weighted by atomic mass is 9.94. The molecular formula is C12H22N2O4S. The molecular weight excluding hydrogens is 268 g/mol. The van der Waals surface area contributed by atoms with Crippen LogP contribution in [0, 0.1) is 0 Å². The van der Waals surface area contributed by atoms with Gasteiger partial charge in [-0.15, -0.1) is 0 Å². The number of rotatable bonds is 3. The van der Waals surface area contributed by atoms with Crippen molar-refractivity contribution in [1.29, 1.82) is 0 Å². The van der Waals surface area contributed by atoms with Gasteiger partial charge in [0.1, 0.15) is 29.8 Å². The van der Waals surface area contributed by atoms with Crippen LogP contribution in [0.1, 0.15) is 20.3 Å². The predicted octanol–water partition coefficient (Wildman–Crippen LogP) is -0.373. The fourth-order valence-corrected chi connectivity index (χ4v) is 3.49. The van der Waals surface area contributed by atoms with E-state index in [2.05, 4.69) is 4.99 Å². The van der Waals surface area contributed by atoms with Gasteiger partial charge < -0.3 is 25.0 Å². The molecule has 0 aromatic heterocycles. The summed E-state index contributed by atoms with van der Waals surface area (Å²) in [5.74, 6) is 0. The third-order valence-corrected chi connectivity index (χ3v) is 4.94. The molecule has 2 heterocycles. The van der Waals surface area contributed by atoms with Crippen molar-refractivity contribution in [2.45, 2.75) is 56.2 Å². The summed E-state index contributed by atoms with van der Waals surface area (Å²) in [6, 6.07) is -0.468. The number of aliphatic hydroxyl groups excluding tert-OH is 3. The van der Waals surface area contributed by atoms with Crippen molar-refractivity contribution in [1.82, 2.24) is 4.90 Å². The maximum atomic E-state index is 10.2. The van der Waals surface area contributed by atoms with E-state index in [0.717, 1.165) is 11.7 Å². The molecule has 0 aromatic rings. The van der Waals surface area contributed by atoms with E-state index in [1.807, 2.05) is 25.8 Å². The molecule has 2 aliphatic heterocycles. The lowest BCUT2D eigenvalue weighted by Crippen LogP contribution is -2.58. The molecule has 3 N–H and O–H groups in total. The van der Waals surface area contributed by atoms with Crippen LogP contribution < -0.4 is 0 Å². The fourth-order valence-electron chi connectivity index (χ4n) is 2.24. The van der Waals surface area contributed by atoms with E-state index < -0.39 is 30.5 Å². The zero-order chi connectivity index (χ0) is 14.2. The second-order valence-electron chi connectivity index (χ2n) is 4.96. The zero-order valence-electron chi connectivity index (χ0n) is 11.4. The van der Waals surface area contributed by atoms with Gasteiger partial charge in [-0.2, -0.15) is 0 Å². The summed E-state index contributed by atoms with van der Waals surface area (Å²) in [5.41, 5.74) is -0.339. The summed E-state index contributed by atoms with van der Waals surface area (Å²) in [6.45, 7) is 4.64. The van der Waals surface area contributed by atoms with Crippen molar-refractivity contribution < 1.29 is 20.1 Å². The maximum absolute atomic E-state index is 10.2. The third kappa shape index (κ3) is 2.75. The number of aliphatic hydroxyl groups is 3. The molecule has 2 rings (SSSR count). The average Bonchev–Trinajstić information content (AvgIpc) is 2.85. The van der Waals surface area contributed by atoms with Gasteiger partial charge in [0.2, 0.25) is 0 Å². The first-order valence-corrected chi connectivity index (χ1v) is 7.52. The lowest BCUT2D eigenvalue weighted by molar-refractivity contribution is -0.185. The highest BCUT2D eigenvalue weighted by Crippen LogP contribution is 2.38. The van der Waals surface area contributed by atoms with Gasteiger partial charge in [-0.25, -0.2) is 0 Å². The zero-order valence-corrected chi connectivity index (χ0v) is 12.2. The van der Waals surface area contributed by atoms with E-state index >= 15 is 0 Å². The van der Waals surface area contributed by atoms with Gasteiger partial charge in [0, 0.05) is 13.6 Å². The Balaban J connectivity index is 2.12. The molecule has 110 valence electrons. The summed E-state index contributed by atoms with van der Waals surface area (Å²) in [7, 11) is 1.92. The molecule has 1 unspecified atom stereocenters. The van der Waals surface area contributed by atoms with E-state index in [1.54, 1.807) is 0 Å². The number of hydrogen-bond donors (Lipinski definition) is 3. The van der Waals surface area contributed by atoms with E-state index in [1.165, 1.54) is 11.8 Å². The summed E-state index contributed by atoms with van der Waals surface area (Å²) in [6.07, 6.45) is -3.17. The van der Waals surface area contributed by atoms with Crippen molar-refractivity contribution >= 4 is 16.9 Å².